The lowest BCUT2D eigenvalue weighted by Crippen LogP contribution is -2.15. The Kier molecular flexibility index (Phi) is 3.59. The Morgan fingerprint density at radius 3 is 2.79 bits per heavy atom. The Morgan fingerprint density at radius 2 is 2.26 bits per heavy atom. The smallest absolute Gasteiger partial charge is 0.311 e. The van der Waals surface area contributed by atoms with Gasteiger partial charge in [0, 0.05) is 17.3 Å². The standard InChI is InChI=1S/C11H13F2N5O/c1-6-8(7(2)18(17-6)11(12)13)5-10(19)15-9-3-4-14-16-9/h3-4,11H,5H2,1-2H3,(H2,14,15,16,19). The number of aromatic nitrogens is 4. The SMILES string of the molecule is Cc1nn(C(F)F)c(C)c1CC(=O)Nc1ccn[nH]1. The third-order valence-corrected chi connectivity index (χ3v) is 2.77. The van der Waals surface area contributed by atoms with E-state index in [1.807, 2.05) is 0 Å². The number of halogens is 2. The second kappa shape index (κ2) is 5.17. The van der Waals surface area contributed by atoms with Crippen LogP contribution in [0.15, 0.2) is 12.3 Å². The van der Waals surface area contributed by atoms with Gasteiger partial charge in [-0.3, -0.25) is 9.89 Å². The molecule has 0 fully saturated rings. The minimum Gasteiger partial charge on any atom is -0.311 e. The van der Waals surface area contributed by atoms with Crippen LogP contribution in [0.25, 0.3) is 0 Å². The summed E-state index contributed by atoms with van der Waals surface area (Å²) in [6.07, 6.45) is 1.49. The van der Waals surface area contributed by atoms with Crippen molar-refractivity contribution in [2.45, 2.75) is 26.8 Å². The molecule has 8 heteroatoms. The molecule has 0 unspecified atom stereocenters. The first kappa shape index (κ1) is 13.2. The van der Waals surface area contributed by atoms with Crippen molar-refractivity contribution in [2.75, 3.05) is 5.32 Å². The second-order valence-corrected chi connectivity index (χ2v) is 4.07. The maximum atomic E-state index is 12.7. The molecule has 0 atom stereocenters. The van der Waals surface area contributed by atoms with Gasteiger partial charge in [-0.15, -0.1) is 0 Å². The van der Waals surface area contributed by atoms with Crippen LogP contribution < -0.4 is 5.32 Å². The Morgan fingerprint density at radius 1 is 1.53 bits per heavy atom. The highest BCUT2D eigenvalue weighted by molar-refractivity contribution is 5.91. The monoisotopic (exact) mass is 269 g/mol. The van der Waals surface area contributed by atoms with Crippen LogP contribution in [0.1, 0.15) is 23.5 Å². The molecule has 0 aliphatic carbocycles. The molecule has 0 aromatic carbocycles. The van der Waals surface area contributed by atoms with Crippen LogP contribution in [0, 0.1) is 13.8 Å². The number of hydrogen-bond acceptors (Lipinski definition) is 3. The fourth-order valence-electron chi connectivity index (χ4n) is 1.82. The molecule has 0 saturated carbocycles. The Bertz CT molecular complexity index is 576. The van der Waals surface area contributed by atoms with Crippen LogP contribution in [0.4, 0.5) is 14.6 Å². The number of carbonyl (C=O) groups excluding carboxylic acids is 1. The molecule has 0 saturated heterocycles. The average molecular weight is 269 g/mol. The van der Waals surface area contributed by atoms with Crippen molar-refractivity contribution in [3.63, 3.8) is 0 Å². The number of nitrogens with one attached hydrogen (secondary N) is 2. The van der Waals surface area contributed by atoms with E-state index in [2.05, 4.69) is 20.6 Å². The van der Waals surface area contributed by atoms with Crippen molar-refractivity contribution in [3.05, 3.63) is 29.2 Å². The maximum Gasteiger partial charge on any atom is 0.333 e. The summed E-state index contributed by atoms with van der Waals surface area (Å²) < 4.78 is 25.9. The first-order valence-electron chi connectivity index (χ1n) is 5.61. The van der Waals surface area contributed by atoms with Gasteiger partial charge in [0.1, 0.15) is 5.82 Å². The van der Waals surface area contributed by atoms with Gasteiger partial charge in [-0.05, 0) is 13.8 Å². The van der Waals surface area contributed by atoms with E-state index in [-0.39, 0.29) is 12.3 Å². The molecule has 0 radical (unpaired) electrons. The number of aromatic amines is 1. The van der Waals surface area contributed by atoms with E-state index in [0.29, 0.717) is 27.5 Å². The molecular weight excluding hydrogens is 256 g/mol. The van der Waals surface area contributed by atoms with E-state index in [0.717, 1.165) is 0 Å². The van der Waals surface area contributed by atoms with Gasteiger partial charge in [0.25, 0.3) is 0 Å². The average Bonchev–Trinajstić information content (AvgIpc) is 2.92. The molecule has 2 N–H and O–H groups in total. The molecule has 19 heavy (non-hydrogen) atoms. The minimum absolute atomic E-state index is 0.0105. The largest absolute Gasteiger partial charge is 0.333 e. The third kappa shape index (κ3) is 2.78. The molecule has 0 spiro atoms. The summed E-state index contributed by atoms with van der Waals surface area (Å²) in [7, 11) is 0. The van der Waals surface area contributed by atoms with Crippen molar-refractivity contribution in [1.29, 1.82) is 0 Å². The summed E-state index contributed by atoms with van der Waals surface area (Å²) in [6, 6.07) is 1.60. The summed E-state index contributed by atoms with van der Waals surface area (Å²) in [4.78, 5) is 11.8. The number of anilines is 1. The number of carbonyl (C=O) groups is 1. The number of hydrogen-bond donors (Lipinski definition) is 2. The number of amides is 1. The van der Waals surface area contributed by atoms with Crippen LogP contribution in [-0.2, 0) is 11.2 Å². The fraction of sp³-hybridized carbons (Fsp3) is 0.364. The number of H-pyrrole nitrogens is 1. The number of aryl methyl sites for hydroxylation is 1. The van der Waals surface area contributed by atoms with Crippen LogP contribution in [0.3, 0.4) is 0 Å². The van der Waals surface area contributed by atoms with Crippen molar-refractivity contribution in [3.8, 4) is 0 Å². The van der Waals surface area contributed by atoms with E-state index in [4.69, 9.17) is 0 Å². The van der Waals surface area contributed by atoms with Crippen molar-refractivity contribution in [2.24, 2.45) is 0 Å². The highest BCUT2D eigenvalue weighted by Crippen LogP contribution is 2.19. The van der Waals surface area contributed by atoms with Gasteiger partial charge in [-0.2, -0.15) is 19.0 Å². The van der Waals surface area contributed by atoms with Gasteiger partial charge >= 0.3 is 6.55 Å². The molecule has 6 nitrogen and oxygen atoms in total. The molecule has 0 aliphatic heterocycles. The summed E-state index contributed by atoms with van der Waals surface area (Å²) in [6.45, 7) is 0.415. The first-order chi connectivity index (χ1) is 8.99. The highest BCUT2D eigenvalue weighted by atomic mass is 19.3. The Labute approximate surface area is 107 Å². The molecule has 2 heterocycles. The van der Waals surface area contributed by atoms with E-state index in [1.54, 1.807) is 13.0 Å². The Balaban J connectivity index is 2.13. The predicted molar refractivity (Wildman–Crippen MR) is 63.9 cm³/mol. The van der Waals surface area contributed by atoms with E-state index in [9.17, 15) is 13.6 Å². The summed E-state index contributed by atoms with van der Waals surface area (Å²) in [5.74, 6) is 0.144. The van der Waals surface area contributed by atoms with Gasteiger partial charge in [-0.25, -0.2) is 4.68 Å². The van der Waals surface area contributed by atoms with Crippen LogP contribution >= 0.6 is 0 Å². The molecule has 2 aromatic rings. The minimum atomic E-state index is -2.71. The topological polar surface area (TPSA) is 75.6 Å². The molecule has 0 aliphatic rings. The molecule has 1 amide bonds. The van der Waals surface area contributed by atoms with Gasteiger partial charge in [0.05, 0.1) is 18.3 Å². The fourth-order valence-corrected chi connectivity index (χ4v) is 1.82. The van der Waals surface area contributed by atoms with Crippen molar-refractivity contribution in [1.82, 2.24) is 20.0 Å². The Hall–Kier alpha value is -2.25. The molecule has 102 valence electrons. The summed E-state index contributed by atoms with van der Waals surface area (Å²) in [5, 5.41) is 12.6. The molecule has 2 rings (SSSR count). The summed E-state index contributed by atoms with van der Waals surface area (Å²) in [5.41, 5.74) is 1.24. The van der Waals surface area contributed by atoms with E-state index in [1.165, 1.54) is 13.1 Å². The second-order valence-electron chi connectivity index (χ2n) is 4.07. The maximum absolute atomic E-state index is 12.7. The number of alkyl halides is 2. The van der Waals surface area contributed by atoms with Crippen molar-refractivity contribution >= 4 is 11.7 Å². The summed E-state index contributed by atoms with van der Waals surface area (Å²) >= 11 is 0. The lowest BCUT2D eigenvalue weighted by atomic mass is 10.1. The quantitative estimate of drug-likeness (QED) is 0.888. The predicted octanol–water partition coefficient (Wildman–Crippen LogP) is 1.80. The van der Waals surface area contributed by atoms with E-state index >= 15 is 0 Å². The van der Waals surface area contributed by atoms with E-state index < -0.39 is 6.55 Å². The zero-order valence-electron chi connectivity index (χ0n) is 10.4. The first-order valence-corrected chi connectivity index (χ1v) is 5.61. The number of rotatable bonds is 4. The zero-order chi connectivity index (χ0) is 14.0. The van der Waals surface area contributed by atoms with Crippen LogP contribution in [-0.4, -0.2) is 25.9 Å². The number of nitrogens with zero attached hydrogens (tertiary/aromatic N) is 3. The van der Waals surface area contributed by atoms with Gasteiger partial charge in [0.15, 0.2) is 0 Å². The van der Waals surface area contributed by atoms with Crippen LogP contribution in [0.2, 0.25) is 0 Å². The third-order valence-electron chi connectivity index (χ3n) is 2.77. The molecular formula is C11H13F2N5O. The molecule has 2 aromatic heterocycles. The van der Waals surface area contributed by atoms with Gasteiger partial charge in [-0.1, -0.05) is 0 Å². The lowest BCUT2D eigenvalue weighted by molar-refractivity contribution is -0.115. The highest BCUT2D eigenvalue weighted by Gasteiger charge is 2.19. The lowest BCUT2D eigenvalue weighted by Gasteiger charge is -2.04. The van der Waals surface area contributed by atoms with Crippen LogP contribution in [0.5, 0.6) is 0 Å². The van der Waals surface area contributed by atoms with Gasteiger partial charge in [0.2, 0.25) is 5.91 Å². The van der Waals surface area contributed by atoms with Gasteiger partial charge < -0.3 is 5.32 Å². The zero-order valence-corrected chi connectivity index (χ0v) is 10.4. The van der Waals surface area contributed by atoms with Crippen molar-refractivity contribution < 1.29 is 13.6 Å². The molecule has 0 bridgehead atoms. The normalized spacial score (nSPS) is 11.0.